The highest BCUT2D eigenvalue weighted by atomic mass is 16.3. The first kappa shape index (κ1) is 13.9. The number of aliphatic hydroxyl groups excluding tert-OH is 1. The molecule has 0 unspecified atom stereocenters. The van der Waals surface area contributed by atoms with Crippen molar-refractivity contribution in [3.05, 3.63) is 35.9 Å². The van der Waals surface area contributed by atoms with Crippen molar-refractivity contribution in [1.29, 1.82) is 0 Å². The summed E-state index contributed by atoms with van der Waals surface area (Å²) in [6.45, 7) is 2.09. The number of benzene rings is 1. The van der Waals surface area contributed by atoms with E-state index >= 15 is 0 Å². The van der Waals surface area contributed by atoms with Gasteiger partial charge in [-0.2, -0.15) is 0 Å². The van der Waals surface area contributed by atoms with Gasteiger partial charge in [-0.25, -0.2) is 0 Å². The molecule has 0 aliphatic rings. The normalized spacial score (nSPS) is 12.4. The van der Waals surface area contributed by atoms with Crippen LogP contribution in [0.5, 0.6) is 0 Å². The molecule has 1 atom stereocenters. The molecule has 1 aromatic carbocycles. The minimum Gasteiger partial charge on any atom is -0.393 e. The number of hydrogen-bond acceptors (Lipinski definition) is 2. The largest absolute Gasteiger partial charge is 0.393 e. The van der Waals surface area contributed by atoms with E-state index in [1.807, 2.05) is 30.3 Å². The smallest absolute Gasteiger partial charge is 0.135 e. The number of ketones is 1. The van der Waals surface area contributed by atoms with E-state index in [1.165, 1.54) is 5.56 Å². The second kappa shape index (κ2) is 8.02. The van der Waals surface area contributed by atoms with Crippen molar-refractivity contribution < 1.29 is 9.90 Å². The Kier molecular flexibility index (Phi) is 6.56. The van der Waals surface area contributed by atoms with Crippen LogP contribution in [0.25, 0.3) is 0 Å². The van der Waals surface area contributed by atoms with Crippen LogP contribution in [-0.4, -0.2) is 17.0 Å². The second-order valence-corrected chi connectivity index (χ2v) is 4.52. The fraction of sp³-hybridized carbons (Fsp3) is 0.533. The quantitative estimate of drug-likeness (QED) is 0.750. The van der Waals surface area contributed by atoms with Crippen molar-refractivity contribution in [2.24, 2.45) is 0 Å². The van der Waals surface area contributed by atoms with Crippen molar-refractivity contribution in [2.75, 3.05) is 0 Å². The topological polar surface area (TPSA) is 37.3 Å². The molecule has 0 heterocycles. The summed E-state index contributed by atoms with van der Waals surface area (Å²) in [4.78, 5) is 11.6. The Balaban J connectivity index is 2.21. The molecular formula is C15H22O2. The highest BCUT2D eigenvalue weighted by molar-refractivity contribution is 5.79. The minimum absolute atomic E-state index is 0.164. The van der Waals surface area contributed by atoms with Gasteiger partial charge in [-0.05, 0) is 18.4 Å². The zero-order valence-corrected chi connectivity index (χ0v) is 10.6. The average Bonchev–Trinajstić information content (AvgIpc) is 2.35. The van der Waals surface area contributed by atoms with E-state index in [1.54, 1.807) is 0 Å². The number of aliphatic hydroxyl groups is 1. The summed E-state index contributed by atoms with van der Waals surface area (Å²) in [7, 11) is 0. The first-order valence-corrected chi connectivity index (χ1v) is 6.46. The van der Waals surface area contributed by atoms with Crippen LogP contribution in [-0.2, 0) is 11.2 Å². The van der Waals surface area contributed by atoms with E-state index in [0.717, 1.165) is 25.7 Å². The molecule has 1 N–H and O–H groups in total. The van der Waals surface area contributed by atoms with Gasteiger partial charge in [-0.1, -0.05) is 50.1 Å². The van der Waals surface area contributed by atoms with Gasteiger partial charge in [-0.3, -0.25) is 4.79 Å². The van der Waals surface area contributed by atoms with Crippen molar-refractivity contribution in [1.82, 2.24) is 0 Å². The summed E-state index contributed by atoms with van der Waals surface area (Å²) < 4.78 is 0. The summed E-state index contributed by atoms with van der Waals surface area (Å²) in [6, 6.07) is 9.99. The molecule has 0 saturated carbocycles. The molecule has 0 aliphatic carbocycles. The Hall–Kier alpha value is -1.15. The molecule has 0 saturated heterocycles. The number of carbonyl (C=O) groups excluding carboxylic acids is 1. The maximum Gasteiger partial charge on any atom is 0.135 e. The minimum atomic E-state index is -0.446. The van der Waals surface area contributed by atoms with Crippen LogP contribution in [0.15, 0.2) is 30.3 Å². The van der Waals surface area contributed by atoms with Gasteiger partial charge in [0, 0.05) is 12.8 Å². The first-order valence-electron chi connectivity index (χ1n) is 6.46. The molecule has 94 valence electrons. The zero-order chi connectivity index (χ0) is 12.5. The first-order chi connectivity index (χ1) is 8.22. The number of hydrogen-bond donors (Lipinski definition) is 1. The Morgan fingerprint density at radius 2 is 2.00 bits per heavy atom. The lowest BCUT2D eigenvalue weighted by Crippen LogP contribution is -2.13. The second-order valence-electron chi connectivity index (χ2n) is 4.52. The molecule has 17 heavy (non-hydrogen) atoms. The SMILES string of the molecule is CCCC[C@@H](O)CC(=O)CCc1ccccc1. The molecule has 2 nitrogen and oxygen atoms in total. The van der Waals surface area contributed by atoms with E-state index < -0.39 is 6.10 Å². The van der Waals surface area contributed by atoms with Crippen molar-refractivity contribution in [3.8, 4) is 0 Å². The summed E-state index contributed by atoms with van der Waals surface area (Å²) >= 11 is 0. The molecular weight excluding hydrogens is 212 g/mol. The fourth-order valence-electron chi connectivity index (χ4n) is 1.84. The maximum absolute atomic E-state index is 11.6. The van der Waals surface area contributed by atoms with Gasteiger partial charge in [-0.15, -0.1) is 0 Å². The van der Waals surface area contributed by atoms with E-state index in [4.69, 9.17) is 0 Å². The molecule has 1 aromatic rings. The van der Waals surface area contributed by atoms with Crippen molar-refractivity contribution in [2.45, 2.75) is 51.6 Å². The monoisotopic (exact) mass is 234 g/mol. The standard InChI is InChI=1S/C15H22O2/c1-2-3-9-14(16)12-15(17)11-10-13-7-5-4-6-8-13/h4-8,14,16H,2-3,9-12H2,1H3/t14-/m1/s1. The highest BCUT2D eigenvalue weighted by Crippen LogP contribution is 2.08. The van der Waals surface area contributed by atoms with E-state index in [9.17, 15) is 9.90 Å². The molecule has 0 spiro atoms. The Labute approximate surface area is 104 Å². The molecule has 2 heteroatoms. The molecule has 0 fully saturated rings. The van der Waals surface area contributed by atoms with Crippen LogP contribution < -0.4 is 0 Å². The summed E-state index contributed by atoms with van der Waals surface area (Å²) in [5.74, 6) is 0.164. The lowest BCUT2D eigenvalue weighted by Gasteiger charge is -2.08. The lowest BCUT2D eigenvalue weighted by atomic mass is 10.0. The van der Waals surface area contributed by atoms with Crippen molar-refractivity contribution in [3.63, 3.8) is 0 Å². The van der Waals surface area contributed by atoms with Gasteiger partial charge in [0.1, 0.15) is 5.78 Å². The van der Waals surface area contributed by atoms with Crippen LogP contribution >= 0.6 is 0 Å². The molecule has 0 radical (unpaired) electrons. The summed E-state index contributed by atoms with van der Waals surface area (Å²) in [5.41, 5.74) is 1.18. The predicted molar refractivity (Wildman–Crippen MR) is 69.9 cm³/mol. The number of unbranched alkanes of at least 4 members (excludes halogenated alkanes) is 1. The highest BCUT2D eigenvalue weighted by Gasteiger charge is 2.10. The van der Waals surface area contributed by atoms with Crippen LogP contribution in [0.4, 0.5) is 0 Å². The number of carbonyl (C=O) groups is 1. The predicted octanol–water partition coefficient (Wildman–Crippen LogP) is 3.13. The Bertz CT molecular complexity index is 319. The van der Waals surface area contributed by atoms with Gasteiger partial charge < -0.3 is 5.11 Å². The van der Waals surface area contributed by atoms with Crippen LogP contribution in [0.3, 0.4) is 0 Å². The van der Waals surface area contributed by atoms with E-state index in [-0.39, 0.29) is 5.78 Å². The van der Waals surface area contributed by atoms with E-state index in [0.29, 0.717) is 12.8 Å². The molecule has 1 rings (SSSR count). The third-order valence-electron chi connectivity index (χ3n) is 2.89. The maximum atomic E-state index is 11.6. The van der Waals surface area contributed by atoms with Crippen LogP contribution in [0, 0.1) is 0 Å². The molecule has 0 aliphatic heterocycles. The number of rotatable bonds is 8. The third-order valence-corrected chi connectivity index (χ3v) is 2.89. The third kappa shape index (κ3) is 6.22. The number of aryl methyl sites for hydroxylation is 1. The van der Waals surface area contributed by atoms with Gasteiger partial charge in [0.25, 0.3) is 0 Å². The average molecular weight is 234 g/mol. The van der Waals surface area contributed by atoms with Gasteiger partial charge in [0.15, 0.2) is 0 Å². The Morgan fingerprint density at radius 3 is 2.65 bits per heavy atom. The van der Waals surface area contributed by atoms with Crippen LogP contribution in [0.1, 0.15) is 44.6 Å². The zero-order valence-electron chi connectivity index (χ0n) is 10.6. The summed E-state index contributed by atoms with van der Waals surface area (Å²) in [6.07, 6.45) is 3.98. The molecule has 0 bridgehead atoms. The van der Waals surface area contributed by atoms with Gasteiger partial charge >= 0.3 is 0 Å². The van der Waals surface area contributed by atoms with E-state index in [2.05, 4.69) is 6.92 Å². The fourth-order valence-corrected chi connectivity index (χ4v) is 1.84. The van der Waals surface area contributed by atoms with Crippen molar-refractivity contribution >= 4 is 5.78 Å². The van der Waals surface area contributed by atoms with Crippen LogP contribution in [0.2, 0.25) is 0 Å². The van der Waals surface area contributed by atoms with Gasteiger partial charge in [0.2, 0.25) is 0 Å². The molecule has 0 aromatic heterocycles. The lowest BCUT2D eigenvalue weighted by molar-refractivity contribution is -0.121. The molecule has 0 amide bonds. The Morgan fingerprint density at radius 1 is 1.29 bits per heavy atom. The summed E-state index contributed by atoms with van der Waals surface area (Å²) in [5, 5.41) is 9.63. The number of Topliss-reactive ketones (excluding diaryl/α,β-unsaturated/α-hetero) is 1. The van der Waals surface area contributed by atoms with Gasteiger partial charge in [0.05, 0.1) is 6.10 Å².